The number of nitrogens with two attached hydrogens (primary N) is 1. The van der Waals surface area contributed by atoms with Gasteiger partial charge in [-0.2, -0.15) is 0 Å². The van der Waals surface area contributed by atoms with Crippen molar-refractivity contribution in [3.8, 4) is 17.2 Å². The van der Waals surface area contributed by atoms with Gasteiger partial charge in [0.1, 0.15) is 0 Å². The summed E-state index contributed by atoms with van der Waals surface area (Å²) in [4.78, 5) is 12.2. The minimum absolute atomic E-state index is 0.0200. The fraction of sp³-hybridized carbons (Fsp3) is 0.562. The van der Waals surface area contributed by atoms with Crippen LogP contribution in [-0.4, -0.2) is 33.3 Å². The highest BCUT2D eigenvalue weighted by Gasteiger charge is 2.24. The molecule has 3 N–H and O–H groups in total. The first-order chi connectivity index (χ1) is 10.6. The van der Waals surface area contributed by atoms with Gasteiger partial charge in [-0.1, -0.05) is 0 Å². The topological polar surface area (TPSA) is 82.8 Å². The van der Waals surface area contributed by atoms with Crippen molar-refractivity contribution in [2.75, 3.05) is 26.6 Å². The van der Waals surface area contributed by atoms with Crippen LogP contribution in [0, 0.1) is 5.92 Å². The normalized spacial score (nSPS) is 20.5. The molecule has 6 nitrogen and oxygen atoms in total. The molecule has 1 saturated carbocycles. The van der Waals surface area contributed by atoms with Gasteiger partial charge in [-0.15, -0.1) is 0 Å². The summed E-state index contributed by atoms with van der Waals surface area (Å²) < 4.78 is 15.8. The second-order valence-corrected chi connectivity index (χ2v) is 5.61. The first-order valence-electron chi connectivity index (χ1n) is 7.42. The molecule has 0 aromatic heterocycles. The van der Waals surface area contributed by atoms with Gasteiger partial charge in [-0.25, -0.2) is 0 Å². The number of amides is 1. The average Bonchev–Trinajstić information content (AvgIpc) is 2.90. The summed E-state index contributed by atoms with van der Waals surface area (Å²) in [6.07, 6.45) is 3.43. The number of ether oxygens (including phenoxy) is 3. The van der Waals surface area contributed by atoms with Crippen molar-refractivity contribution in [2.45, 2.75) is 31.7 Å². The van der Waals surface area contributed by atoms with E-state index in [1.165, 1.54) is 0 Å². The number of methoxy groups -OCH3 is 3. The van der Waals surface area contributed by atoms with E-state index in [0.29, 0.717) is 35.3 Å². The van der Waals surface area contributed by atoms with E-state index in [1.54, 1.807) is 33.5 Å². The van der Waals surface area contributed by atoms with Crippen LogP contribution >= 0.6 is 0 Å². The Morgan fingerprint density at radius 1 is 1.18 bits per heavy atom. The molecule has 1 aliphatic carbocycles. The Morgan fingerprint density at radius 2 is 1.82 bits per heavy atom. The van der Waals surface area contributed by atoms with Crippen molar-refractivity contribution in [3.05, 3.63) is 12.1 Å². The number of carbonyl (C=O) groups excluding carboxylic acids is 1. The molecule has 1 aromatic carbocycles. The summed E-state index contributed by atoms with van der Waals surface area (Å²) in [6.45, 7) is 0. The van der Waals surface area contributed by atoms with Crippen molar-refractivity contribution < 1.29 is 19.0 Å². The molecule has 22 heavy (non-hydrogen) atoms. The van der Waals surface area contributed by atoms with Crippen LogP contribution in [0.2, 0.25) is 0 Å². The zero-order chi connectivity index (χ0) is 16.1. The van der Waals surface area contributed by atoms with Gasteiger partial charge >= 0.3 is 0 Å². The van der Waals surface area contributed by atoms with E-state index < -0.39 is 0 Å². The summed E-state index contributed by atoms with van der Waals surface area (Å²) in [6, 6.07) is 3.68. The van der Waals surface area contributed by atoms with Crippen LogP contribution in [0.4, 0.5) is 5.69 Å². The van der Waals surface area contributed by atoms with E-state index in [9.17, 15) is 4.79 Å². The quantitative estimate of drug-likeness (QED) is 0.841. The molecular formula is C16H24N2O4. The number of hydrogen-bond acceptors (Lipinski definition) is 5. The van der Waals surface area contributed by atoms with E-state index in [1.807, 2.05) is 0 Å². The lowest BCUT2D eigenvalue weighted by molar-refractivity contribution is -0.117. The summed E-state index contributed by atoms with van der Waals surface area (Å²) in [5.41, 5.74) is 6.51. The molecule has 6 heteroatoms. The average molecular weight is 308 g/mol. The second kappa shape index (κ2) is 7.35. The molecule has 2 rings (SSSR count). The molecule has 122 valence electrons. The van der Waals surface area contributed by atoms with Gasteiger partial charge in [0.2, 0.25) is 11.7 Å². The van der Waals surface area contributed by atoms with Crippen molar-refractivity contribution in [2.24, 2.45) is 11.7 Å². The molecule has 0 heterocycles. The van der Waals surface area contributed by atoms with Gasteiger partial charge in [-0.05, 0) is 25.2 Å². The number of hydrogen-bond donors (Lipinski definition) is 2. The number of carbonyl (C=O) groups is 1. The second-order valence-electron chi connectivity index (χ2n) is 5.61. The van der Waals surface area contributed by atoms with E-state index in [0.717, 1.165) is 19.3 Å². The van der Waals surface area contributed by atoms with Crippen molar-refractivity contribution in [1.29, 1.82) is 0 Å². The molecule has 1 fully saturated rings. The first-order valence-corrected chi connectivity index (χ1v) is 7.42. The van der Waals surface area contributed by atoms with Crippen molar-refractivity contribution >= 4 is 11.6 Å². The third-order valence-electron chi connectivity index (χ3n) is 4.00. The Balaban J connectivity index is 2.07. The SMILES string of the molecule is COc1cc(NC(=O)C[C@H]2CC[C@@H](N)C2)cc(OC)c1OC. The van der Waals surface area contributed by atoms with Gasteiger partial charge in [0.15, 0.2) is 11.5 Å². The molecule has 1 amide bonds. The van der Waals surface area contributed by atoms with Crippen LogP contribution in [0.1, 0.15) is 25.7 Å². The van der Waals surface area contributed by atoms with E-state index >= 15 is 0 Å². The molecule has 1 aromatic rings. The third-order valence-corrected chi connectivity index (χ3v) is 4.00. The number of rotatable bonds is 6. The maximum absolute atomic E-state index is 12.2. The number of nitrogens with one attached hydrogen (secondary N) is 1. The third kappa shape index (κ3) is 3.82. The maximum Gasteiger partial charge on any atom is 0.224 e. The Morgan fingerprint density at radius 3 is 2.27 bits per heavy atom. The number of benzene rings is 1. The van der Waals surface area contributed by atoms with Gasteiger partial charge in [0.25, 0.3) is 0 Å². The van der Waals surface area contributed by atoms with Crippen LogP contribution in [-0.2, 0) is 4.79 Å². The molecule has 0 radical (unpaired) electrons. The Hall–Kier alpha value is -1.95. The monoisotopic (exact) mass is 308 g/mol. The summed E-state index contributed by atoms with van der Waals surface area (Å²) in [5, 5.41) is 2.89. The highest BCUT2D eigenvalue weighted by atomic mass is 16.5. The van der Waals surface area contributed by atoms with Crippen molar-refractivity contribution in [1.82, 2.24) is 0 Å². The molecule has 0 saturated heterocycles. The largest absolute Gasteiger partial charge is 0.493 e. The minimum atomic E-state index is -0.0200. The Kier molecular flexibility index (Phi) is 5.49. The first kappa shape index (κ1) is 16.4. The van der Waals surface area contributed by atoms with Crippen LogP contribution in [0.3, 0.4) is 0 Å². The summed E-state index contributed by atoms with van der Waals surface area (Å²) >= 11 is 0. The molecule has 0 bridgehead atoms. The standard InChI is InChI=1S/C16H24N2O4/c1-20-13-8-12(9-14(21-2)16(13)22-3)18-15(19)7-10-4-5-11(17)6-10/h8-11H,4-7,17H2,1-3H3,(H,18,19)/t10-,11+/m0/s1. The predicted octanol–water partition coefficient (Wildman–Crippen LogP) is 2.17. The predicted molar refractivity (Wildman–Crippen MR) is 84.7 cm³/mol. The molecule has 0 aliphatic heterocycles. The molecule has 2 atom stereocenters. The Bertz CT molecular complexity index is 508. The number of anilines is 1. The zero-order valence-electron chi connectivity index (χ0n) is 13.3. The van der Waals surface area contributed by atoms with Crippen LogP contribution in [0.25, 0.3) is 0 Å². The fourth-order valence-electron chi connectivity index (χ4n) is 2.93. The van der Waals surface area contributed by atoms with Gasteiger partial charge in [0, 0.05) is 30.3 Å². The van der Waals surface area contributed by atoms with E-state index in [-0.39, 0.29) is 11.9 Å². The molecule has 1 aliphatic rings. The smallest absolute Gasteiger partial charge is 0.224 e. The minimum Gasteiger partial charge on any atom is -0.493 e. The van der Waals surface area contributed by atoms with Crippen LogP contribution in [0.15, 0.2) is 12.1 Å². The van der Waals surface area contributed by atoms with Crippen molar-refractivity contribution in [3.63, 3.8) is 0 Å². The lowest BCUT2D eigenvalue weighted by Gasteiger charge is -2.15. The van der Waals surface area contributed by atoms with Gasteiger partial charge in [-0.3, -0.25) is 4.79 Å². The Labute approximate surface area is 130 Å². The maximum atomic E-state index is 12.2. The lowest BCUT2D eigenvalue weighted by atomic mass is 10.0. The van der Waals surface area contributed by atoms with Crippen LogP contribution in [0.5, 0.6) is 17.2 Å². The van der Waals surface area contributed by atoms with E-state index in [2.05, 4.69) is 5.32 Å². The van der Waals surface area contributed by atoms with Crippen LogP contribution < -0.4 is 25.3 Å². The highest BCUT2D eigenvalue weighted by molar-refractivity contribution is 5.91. The van der Waals surface area contributed by atoms with E-state index in [4.69, 9.17) is 19.9 Å². The molecule has 0 spiro atoms. The molecule has 0 unspecified atom stereocenters. The van der Waals surface area contributed by atoms with Gasteiger partial charge in [0.05, 0.1) is 21.3 Å². The summed E-state index contributed by atoms with van der Waals surface area (Å²) in [5.74, 6) is 1.88. The van der Waals surface area contributed by atoms with Gasteiger partial charge < -0.3 is 25.3 Å². The highest BCUT2D eigenvalue weighted by Crippen LogP contribution is 2.40. The summed E-state index contributed by atoms with van der Waals surface area (Å²) in [7, 11) is 4.63. The molecular weight excluding hydrogens is 284 g/mol. The zero-order valence-corrected chi connectivity index (χ0v) is 13.3. The fourth-order valence-corrected chi connectivity index (χ4v) is 2.93. The lowest BCUT2D eigenvalue weighted by Crippen LogP contribution is -2.18.